The molecule has 1 heterocycles. The highest BCUT2D eigenvalue weighted by Gasteiger charge is 2.16. The number of carbonyl (C=O) groups excluding carboxylic acids is 1. The van der Waals surface area contributed by atoms with Crippen LogP contribution < -0.4 is 14.3 Å². The number of methoxy groups -OCH3 is 1. The number of hydrogen-bond donors (Lipinski definition) is 1. The third-order valence-electron chi connectivity index (χ3n) is 5.81. The predicted octanol–water partition coefficient (Wildman–Crippen LogP) is 5.78. The number of anilines is 1. The Morgan fingerprint density at radius 1 is 1.14 bits per heavy atom. The summed E-state index contributed by atoms with van der Waals surface area (Å²) in [4.78, 5) is 18.2. The predicted molar refractivity (Wildman–Crippen MR) is 149 cm³/mol. The van der Waals surface area contributed by atoms with Crippen molar-refractivity contribution in [1.82, 2.24) is 4.57 Å². The third-order valence-corrected chi connectivity index (χ3v) is 8.24. The Kier molecular flexibility index (Phi) is 8.25. The van der Waals surface area contributed by atoms with Crippen LogP contribution in [0.4, 0.5) is 5.69 Å². The zero-order chi connectivity index (χ0) is 26.4. The van der Waals surface area contributed by atoms with Crippen LogP contribution in [0.3, 0.4) is 0 Å². The van der Waals surface area contributed by atoms with Gasteiger partial charge in [0.25, 0.3) is 15.9 Å². The first-order valence-electron chi connectivity index (χ1n) is 11.9. The topological polar surface area (TPSA) is 89.8 Å². The van der Waals surface area contributed by atoms with Crippen molar-refractivity contribution in [1.29, 1.82) is 0 Å². The second-order valence-electron chi connectivity index (χ2n) is 8.47. The maximum Gasteiger partial charge on any atom is 0.279 e. The van der Waals surface area contributed by atoms with Gasteiger partial charge in [-0.15, -0.1) is 6.58 Å². The van der Waals surface area contributed by atoms with Gasteiger partial charge < -0.3 is 9.30 Å². The van der Waals surface area contributed by atoms with Crippen molar-refractivity contribution < 1.29 is 17.9 Å². The highest BCUT2D eigenvalue weighted by atomic mass is 32.2. The lowest BCUT2D eigenvalue weighted by atomic mass is 10.1. The van der Waals surface area contributed by atoms with Gasteiger partial charge in [-0.3, -0.25) is 9.52 Å². The lowest BCUT2D eigenvalue weighted by Gasteiger charge is -2.09. The smallest absolute Gasteiger partial charge is 0.279 e. The van der Waals surface area contributed by atoms with Crippen molar-refractivity contribution >= 4 is 43.2 Å². The maximum absolute atomic E-state index is 13.1. The van der Waals surface area contributed by atoms with E-state index in [0.29, 0.717) is 17.1 Å². The second-order valence-corrected chi connectivity index (χ2v) is 11.2. The van der Waals surface area contributed by atoms with Crippen LogP contribution in [0.2, 0.25) is 0 Å². The minimum absolute atomic E-state index is 0.0868. The first kappa shape index (κ1) is 26.4. The van der Waals surface area contributed by atoms with E-state index < -0.39 is 15.9 Å². The number of aromatic nitrogens is 1. The van der Waals surface area contributed by atoms with E-state index in [1.165, 1.54) is 42.2 Å². The molecule has 0 aliphatic heterocycles. The van der Waals surface area contributed by atoms with E-state index in [1.54, 1.807) is 36.4 Å². The van der Waals surface area contributed by atoms with Gasteiger partial charge in [-0.1, -0.05) is 42.9 Å². The number of sulfonamides is 1. The Morgan fingerprint density at radius 2 is 1.92 bits per heavy atom. The van der Waals surface area contributed by atoms with Gasteiger partial charge in [-0.2, -0.15) is 4.99 Å². The number of nitrogens with zero attached hydrogens (tertiary/aromatic N) is 2. The molecule has 1 N–H and O–H groups in total. The van der Waals surface area contributed by atoms with Gasteiger partial charge in [0.2, 0.25) is 0 Å². The Labute approximate surface area is 220 Å². The highest BCUT2D eigenvalue weighted by molar-refractivity contribution is 7.92. The summed E-state index contributed by atoms with van der Waals surface area (Å²) in [5.41, 5.74) is 2.81. The average molecular weight is 536 g/mol. The molecule has 0 saturated carbocycles. The monoisotopic (exact) mass is 535 g/mol. The summed E-state index contributed by atoms with van der Waals surface area (Å²) in [7, 11) is -2.33. The Morgan fingerprint density at radius 3 is 2.62 bits per heavy atom. The normalized spacial score (nSPS) is 12.0. The molecule has 0 radical (unpaired) electrons. The molecule has 0 aliphatic rings. The Balaban J connectivity index is 1.63. The Bertz CT molecular complexity index is 1600. The number of rotatable bonds is 10. The third kappa shape index (κ3) is 6.18. The highest BCUT2D eigenvalue weighted by Crippen LogP contribution is 2.22. The first-order chi connectivity index (χ1) is 17.8. The summed E-state index contributed by atoms with van der Waals surface area (Å²) in [6.07, 6.45) is 5.03. The molecule has 9 heteroatoms. The van der Waals surface area contributed by atoms with Crippen LogP contribution in [0.25, 0.3) is 10.2 Å². The lowest BCUT2D eigenvalue weighted by molar-refractivity contribution is 0.0998. The van der Waals surface area contributed by atoms with Crippen LogP contribution >= 0.6 is 11.3 Å². The standard InChI is InChI=1S/C28H29N3O4S2/c1-4-6-8-20-11-16-25-26(18-20)36-28(31(25)17-5-2)29-27(32)21-9-7-10-22(19-21)30-37(33,34)24-14-12-23(35-3)13-15-24/h5,7,9-16,18-19,30H,2,4,6,8,17H2,1,3H3. The Hall–Kier alpha value is -3.69. The van der Waals surface area contributed by atoms with Crippen LogP contribution in [-0.2, 0) is 23.0 Å². The number of hydrogen-bond acceptors (Lipinski definition) is 5. The van der Waals surface area contributed by atoms with Gasteiger partial charge in [-0.25, -0.2) is 8.42 Å². The van der Waals surface area contributed by atoms with E-state index in [4.69, 9.17) is 4.74 Å². The van der Waals surface area contributed by atoms with E-state index in [-0.39, 0.29) is 16.1 Å². The fourth-order valence-electron chi connectivity index (χ4n) is 3.88. The van der Waals surface area contributed by atoms with E-state index in [1.807, 2.05) is 4.57 Å². The van der Waals surface area contributed by atoms with E-state index in [9.17, 15) is 13.2 Å². The number of nitrogens with one attached hydrogen (secondary N) is 1. The molecule has 0 aliphatic carbocycles. The summed E-state index contributed by atoms with van der Waals surface area (Å²) in [5.74, 6) is 0.0985. The molecule has 3 aromatic carbocycles. The number of carbonyl (C=O) groups is 1. The molecule has 0 unspecified atom stereocenters. The van der Waals surface area contributed by atoms with E-state index >= 15 is 0 Å². The molecule has 0 spiro atoms. The second kappa shape index (κ2) is 11.6. The zero-order valence-corrected chi connectivity index (χ0v) is 22.4. The molecule has 0 atom stereocenters. The molecule has 7 nitrogen and oxygen atoms in total. The molecule has 0 fully saturated rings. The van der Waals surface area contributed by atoms with Crippen LogP contribution in [0, 0.1) is 0 Å². The van der Waals surface area contributed by atoms with Crippen LogP contribution in [0.15, 0.2) is 89.3 Å². The van der Waals surface area contributed by atoms with Crippen molar-refractivity contribution in [2.45, 2.75) is 37.6 Å². The van der Waals surface area contributed by atoms with Gasteiger partial charge in [0.15, 0.2) is 4.80 Å². The van der Waals surface area contributed by atoms with Crippen molar-refractivity contribution in [2.75, 3.05) is 11.8 Å². The van der Waals surface area contributed by atoms with Crippen molar-refractivity contribution in [2.24, 2.45) is 4.99 Å². The SMILES string of the molecule is C=CCn1c(=NC(=O)c2cccc(NS(=O)(=O)c3ccc(OC)cc3)c2)sc2cc(CCCC)ccc21. The van der Waals surface area contributed by atoms with Crippen LogP contribution in [0.5, 0.6) is 5.75 Å². The average Bonchev–Trinajstić information content (AvgIpc) is 3.23. The van der Waals surface area contributed by atoms with Crippen molar-refractivity contribution in [3.05, 3.63) is 95.3 Å². The number of thiazole rings is 1. The summed E-state index contributed by atoms with van der Waals surface area (Å²) in [6.45, 7) is 6.53. The van der Waals surface area contributed by atoms with Gasteiger partial charge in [0.1, 0.15) is 5.75 Å². The summed E-state index contributed by atoms with van der Waals surface area (Å²) in [6, 6.07) is 18.7. The molecule has 0 bridgehead atoms. The quantitative estimate of drug-likeness (QED) is 0.261. The molecule has 4 rings (SSSR count). The number of aryl methyl sites for hydroxylation is 1. The molecule has 1 aromatic heterocycles. The molecule has 1 amide bonds. The summed E-state index contributed by atoms with van der Waals surface area (Å²) < 4.78 is 36.3. The molecular weight excluding hydrogens is 506 g/mol. The fourth-order valence-corrected chi connectivity index (χ4v) is 6.03. The number of ether oxygens (including phenoxy) is 1. The van der Waals surface area contributed by atoms with E-state index in [0.717, 1.165) is 29.5 Å². The lowest BCUT2D eigenvalue weighted by Crippen LogP contribution is -2.16. The number of benzene rings is 3. The maximum atomic E-state index is 13.1. The minimum Gasteiger partial charge on any atom is -0.497 e. The van der Waals surface area contributed by atoms with Crippen molar-refractivity contribution in [3.8, 4) is 5.75 Å². The van der Waals surface area contributed by atoms with Gasteiger partial charge in [0.05, 0.1) is 22.2 Å². The van der Waals surface area contributed by atoms with E-state index in [2.05, 4.69) is 41.4 Å². The molecule has 37 heavy (non-hydrogen) atoms. The fraction of sp³-hybridized carbons (Fsp3) is 0.214. The van der Waals surface area contributed by atoms with Gasteiger partial charge >= 0.3 is 0 Å². The van der Waals surface area contributed by atoms with Crippen LogP contribution in [0.1, 0.15) is 35.7 Å². The van der Waals surface area contributed by atoms with Crippen LogP contribution in [-0.4, -0.2) is 26.0 Å². The molecule has 4 aromatic rings. The van der Waals surface area contributed by atoms with Crippen molar-refractivity contribution in [3.63, 3.8) is 0 Å². The minimum atomic E-state index is -3.84. The van der Waals surface area contributed by atoms with Gasteiger partial charge in [0, 0.05) is 17.8 Å². The number of amides is 1. The summed E-state index contributed by atoms with van der Waals surface area (Å²) >= 11 is 1.45. The first-order valence-corrected chi connectivity index (χ1v) is 14.2. The molecule has 0 saturated heterocycles. The molecular formula is C28H29N3O4S2. The largest absolute Gasteiger partial charge is 0.497 e. The number of allylic oxidation sites excluding steroid dienone is 1. The number of fused-ring (bicyclic) bond motifs is 1. The summed E-state index contributed by atoms with van der Waals surface area (Å²) in [5, 5.41) is 0. The number of unbranched alkanes of at least 4 members (excludes halogenated alkanes) is 1. The zero-order valence-electron chi connectivity index (χ0n) is 20.8. The molecule has 192 valence electrons. The van der Waals surface area contributed by atoms with Gasteiger partial charge in [-0.05, 0) is 73.0 Å².